The summed E-state index contributed by atoms with van der Waals surface area (Å²) in [7, 11) is 0. The lowest BCUT2D eigenvalue weighted by Gasteiger charge is -2.16. The zero-order valence-electron chi connectivity index (χ0n) is 22.0. The van der Waals surface area contributed by atoms with E-state index in [1.165, 1.54) is 12.1 Å². The summed E-state index contributed by atoms with van der Waals surface area (Å²) in [6.07, 6.45) is 5.32. The number of allylic oxidation sites excluding steroid dienone is 2. The van der Waals surface area contributed by atoms with Gasteiger partial charge in [0, 0.05) is 47.9 Å². The van der Waals surface area contributed by atoms with Crippen LogP contribution in [-0.4, -0.2) is 44.1 Å². The number of nitrogens with zero attached hydrogens (tertiary/aromatic N) is 3. The van der Waals surface area contributed by atoms with Crippen molar-refractivity contribution in [2.45, 2.75) is 25.8 Å². The second-order valence-corrected chi connectivity index (χ2v) is 10.3. The van der Waals surface area contributed by atoms with Crippen LogP contribution in [0.3, 0.4) is 0 Å². The van der Waals surface area contributed by atoms with Crippen molar-refractivity contribution >= 4 is 16.6 Å². The van der Waals surface area contributed by atoms with Crippen LogP contribution in [0.15, 0.2) is 85.6 Å². The van der Waals surface area contributed by atoms with Gasteiger partial charge in [-0.25, -0.2) is 18.2 Å². The SMILES string of the molecule is C=C/C=C(/c1ccc(F)cc1)c1cc(-c2[nH]nc3ncc(-c4cccc(CN5CCC(F)(F)C5)c4)cc23)[nH]c1C. The lowest BCUT2D eigenvalue weighted by Crippen LogP contribution is -2.24. The van der Waals surface area contributed by atoms with Crippen molar-refractivity contribution in [3.05, 3.63) is 114 Å². The number of halogens is 3. The first kappa shape index (κ1) is 25.8. The maximum absolute atomic E-state index is 13.7. The minimum Gasteiger partial charge on any atom is -0.357 e. The molecule has 1 aliphatic rings. The molecule has 0 spiro atoms. The number of rotatable bonds is 7. The fourth-order valence-corrected chi connectivity index (χ4v) is 5.37. The molecule has 0 unspecified atom stereocenters. The molecule has 40 heavy (non-hydrogen) atoms. The molecule has 3 aromatic heterocycles. The van der Waals surface area contributed by atoms with Gasteiger partial charge in [0.15, 0.2) is 5.65 Å². The first-order valence-electron chi connectivity index (χ1n) is 13.1. The lowest BCUT2D eigenvalue weighted by atomic mass is 9.97. The Bertz CT molecular complexity index is 1730. The Labute approximate surface area is 230 Å². The smallest absolute Gasteiger partial charge is 0.261 e. The van der Waals surface area contributed by atoms with E-state index in [-0.39, 0.29) is 18.8 Å². The summed E-state index contributed by atoms with van der Waals surface area (Å²) < 4.78 is 40.9. The van der Waals surface area contributed by atoms with E-state index >= 15 is 0 Å². The van der Waals surface area contributed by atoms with E-state index in [2.05, 4.69) is 26.7 Å². The molecule has 6 rings (SSSR count). The second-order valence-electron chi connectivity index (χ2n) is 10.3. The molecule has 0 bridgehead atoms. The van der Waals surface area contributed by atoms with Crippen molar-refractivity contribution < 1.29 is 13.2 Å². The average molecular weight is 540 g/mol. The van der Waals surface area contributed by atoms with Crippen LogP contribution in [0.4, 0.5) is 13.2 Å². The third-order valence-corrected chi connectivity index (χ3v) is 7.34. The Morgan fingerprint density at radius 3 is 2.67 bits per heavy atom. The molecular formula is C32H28F3N5. The van der Waals surface area contributed by atoms with Crippen molar-refractivity contribution in [1.29, 1.82) is 0 Å². The number of aromatic nitrogens is 4. The van der Waals surface area contributed by atoms with Crippen LogP contribution in [-0.2, 0) is 6.54 Å². The van der Waals surface area contributed by atoms with Crippen molar-refractivity contribution in [2.24, 2.45) is 0 Å². The summed E-state index contributed by atoms with van der Waals surface area (Å²) in [5.41, 5.74) is 8.79. The number of benzene rings is 2. The van der Waals surface area contributed by atoms with Gasteiger partial charge in [-0.2, -0.15) is 5.10 Å². The minimum atomic E-state index is -2.61. The quantitative estimate of drug-likeness (QED) is 0.210. The Balaban J connectivity index is 1.33. The number of alkyl halides is 2. The van der Waals surface area contributed by atoms with Gasteiger partial charge in [0.05, 0.1) is 17.9 Å². The molecule has 4 heterocycles. The number of hydrogen-bond acceptors (Lipinski definition) is 3. The number of H-pyrrole nitrogens is 2. The first-order chi connectivity index (χ1) is 19.3. The molecule has 1 fully saturated rings. The molecule has 0 amide bonds. The number of aromatic amines is 2. The zero-order chi connectivity index (χ0) is 27.9. The first-order valence-corrected chi connectivity index (χ1v) is 13.1. The highest BCUT2D eigenvalue weighted by molar-refractivity contribution is 5.94. The van der Waals surface area contributed by atoms with E-state index in [1.807, 2.05) is 49.4 Å². The standard InChI is InChI=1S/C32H28F3N5/c1-3-5-26(22-8-10-25(33)11-9-22)27-16-29(37-20(27)2)30-28-15-24(17-36-31(28)39-38-30)23-7-4-6-21(14-23)18-40-13-12-32(34,35)19-40/h3-11,14-17,37H,1,12-13,18-19H2,2H3,(H,36,38,39)/b26-5-. The molecule has 5 aromatic rings. The van der Waals surface area contributed by atoms with Gasteiger partial charge < -0.3 is 4.98 Å². The van der Waals surface area contributed by atoms with E-state index in [1.54, 1.807) is 29.3 Å². The number of hydrogen-bond donors (Lipinski definition) is 2. The molecule has 0 aliphatic carbocycles. The monoisotopic (exact) mass is 539 g/mol. The van der Waals surface area contributed by atoms with Crippen molar-refractivity contribution in [2.75, 3.05) is 13.1 Å². The molecule has 0 atom stereocenters. The van der Waals surface area contributed by atoms with Crippen LogP contribution in [0.5, 0.6) is 0 Å². The third kappa shape index (κ3) is 5.10. The number of nitrogens with one attached hydrogen (secondary N) is 2. The normalized spacial score (nSPS) is 15.7. The van der Waals surface area contributed by atoms with Crippen LogP contribution < -0.4 is 0 Å². The molecule has 1 saturated heterocycles. The number of pyridine rings is 1. The lowest BCUT2D eigenvalue weighted by molar-refractivity contribution is 0.0115. The van der Waals surface area contributed by atoms with E-state index in [9.17, 15) is 13.2 Å². The van der Waals surface area contributed by atoms with Crippen LogP contribution in [0.2, 0.25) is 0 Å². The molecule has 202 valence electrons. The van der Waals surface area contributed by atoms with Crippen molar-refractivity contribution in [3.8, 4) is 22.5 Å². The predicted molar refractivity (Wildman–Crippen MR) is 152 cm³/mol. The largest absolute Gasteiger partial charge is 0.357 e. The fourth-order valence-electron chi connectivity index (χ4n) is 5.37. The average Bonchev–Trinajstić information content (AvgIpc) is 3.63. The van der Waals surface area contributed by atoms with Gasteiger partial charge in [0.2, 0.25) is 0 Å². The van der Waals surface area contributed by atoms with Crippen LogP contribution in [0.1, 0.15) is 28.8 Å². The van der Waals surface area contributed by atoms with Gasteiger partial charge in [-0.1, -0.05) is 49.1 Å². The second kappa shape index (κ2) is 10.3. The summed E-state index contributed by atoms with van der Waals surface area (Å²) in [6.45, 7) is 6.52. The minimum absolute atomic E-state index is 0.0920. The van der Waals surface area contributed by atoms with Gasteiger partial charge in [-0.3, -0.25) is 10.00 Å². The Morgan fingerprint density at radius 1 is 1.10 bits per heavy atom. The van der Waals surface area contributed by atoms with Gasteiger partial charge in [-0.15, -0.1) is 0 Å². The number of fused-ring (bicyclic) bond motifs is 1. The maximum Gasteiger partial charge on any atom is 0.261 e. The Hall–Kier alpha value is -4.43. The molecule has 0 saturated carbocycles. The highest BCUT2D eigenvalue weighted by Gasteiger charge is 2.37. The molecular weight excluding hydrogens is 511 g/mol. The summed E-state index contributed by atoms with van der Waals surface area (Å²) in [5, 5.41) is 8.39. The molecule has 2 aromatic carbocycles. The van der Waals surface area contributed by atoms with E-state index in [0.717, 1.165) is 55.9 Å². The molecule has 2 N–H and O–H groups in total. The van der Waals surface area contributed by atoms with E-state index in [4.69, 9.17) is 0 Å². The summed E-state index contributed by atoms with van der Waals surface area (Å²) in [6, 6.07) is 18.4. The zero-order valence-corrected chi connectivity index (χ0v) is 22.0. The maximum atomic E-state index is 13.7. The number of likely N-dealkylation sites (tertiary alicyclic amines) is 1. The highest BCUT2D eigenvalue weighted by Crippen LogP contribution is 2.34. The van der Waals surface area contributed by atoms with E-state index < -0.39 is 5.92 Å². The fraction of sp³-hybridized carbons (Fsp3) is 0.188. The topological polar surface area (TPSA) is 60.6 Å². The van der Waals surface area contributed by atoms with Gasteiger partial charge in [-0.05, 0) is 59.5 Å². The highest BCUT2D eigenvalue weighted by atomic mass is 19.3. The van der Waals surface area contributed by atoms with Gasteiger partial charge >= 0.3 is 0 Å². The summed E-state index contributed by atoms with van der Waals surface area (Å²) in [5.74, 6) is -2.90. The van der Waals surface area contributed by atoms with Crippen LogP contribution in [0, 0.1) is 12.7 Å². The predicted octanol–water partition coefficient (Wildman–Crippen LogP) is 7.53. The Kier molecular flexibility index (Phi) is 6.64. The van der Waals surface area contributed by atoms with Gasteiger partial charge in [0.1, 0.15) is 5.82 Å². The summed E-state index contributed by atoms with van der Waals surface area (Å²) in [4.78, 5) is 9.83. The number of aryl methyl sites for hydroxylation is 1. The van der Waals surface area contributed by atoms with Crippen LogP contribution >= 0.6 is 0 Å². The van der Waals surface area contributed by atoms with Crippen molar-refractivity contribution in [1.82, 2.24) is 25.1 Å². The van der Waals surface area contributed by atoms with E-state index in [0.29, 0.717) is 18.7 Å². The molecule has 0 radical (unpaired) electrons. The molecule has 1 aliphatic heterocycles. The van der Waals surface area contributed by atoms with Crippen LogP contribution in [0.25, 0.3) is 39.1 Å². The van der Waals surface area contributed by atoms with Gasteiger partial charge in [0.25, 0.3) is 5.92 Å². The molecule has 5 nitrogen and oxygen atoms in total. The van der Waals surface area contributed by atoms with Crippen molar-refractivity contribution in [3.63, 3.8) is 0 Å². The summed E-state index contributed by atoms with van der Waals surface area (Å²) >= 11 is 0. The Morgan fingerprint density at radius 2 is 1.93 bits per heavy atom. The molecule has 8 heteroatoms. The third-order valence-electron chi connectivity index (χ3n) is 7.34.